The highest BCUT2D eigenvalue weighted by Crippen LogP contribution is 2.17. The number of rotatable bonds is 63. The summed E-state index contributed by atoms with van der Waals surface area (Å²) in [4.78, 5) is 38.5. The fraction of sp³-hybridized carbons (Fsp3) is 0.724. The zero-order chi connectivity index (χ0) is 59.2. The Labute approximate surface area is 508 Å². The van der Waals surface area contributed by atoms with Gasteiger partial charge in [-0.15, -0.1) is 0 Å². The highest BCUT2D eigenvalue weighted by atomic mass is 16.6. The molecule has 0 heterocycles. The van der Waals surface area contributed by atoms with E-state index in [9.17, 15) is 14.4 Å². The molecular weight excluding hydrogens is 1010 g/mol. The van der Waals surface area contributed by atoms with Gasteiger partial charge in [-0.05, 0) is 122 Å². The molecule has 0 rings (SSSR count). The van der Waals surface area contributed by atoms with Crippen molar-refractivity contribution >= 4 is 17.9 Å². The zero-order valence-corrected chi connectivity index (χ0v) is 54.0. The molecule has 6 nitrogen and oxygen atoms in total. The molecule has 0 saturated heterocycles. The van der Waals surface area contributed by atoms with E-state index >= 15 is 0 Å². The number of carbonyl (C=O) groups excluding carboxylic acids is 3. The average molecular weight is 1140 g/mol. The van der Waals surface area contributed by atoms with Crippen LogP contribution in [0.5, 0.6) is 0 Å². The Kier molecular flexibility index (Phi) is 66.2. The summed E-state index contributed by atoms with van der Waals surface area (Å²) in [5.41, 5.74) is 0. The Morgan fingerprint density at radius 1 is 0.256 bits per heavy atom. The van der Waals surface area contributed by atoms with E-state index in [1.54, 1.807) is 0 Å². The van der Waals surface area contributed by atoms with Crippen molar-refractivity contribution in [2.75, 3.05) is 13.2 Å². The molecule has 0 aromatic heterocycles. The van der Waals surface area contributed by atoms with Crippen LogP contribution in [0.2, 0.25) is 0 Å². The van der Waals surface area contributed by atoms with Gasteiger partial charge in [0.15, 0.2) is 6.10 Å². The molecule has 0 spiro atoms. The van der Waals surface area contributed by atoms with Gasteiger partial charge in [-0.25, -0.2) is 0 Å². The number of allylic oxidation sites excluding steroid dienone is 18. The van der Waals surface area contributed by atoms with Crippen LogP contribution in [0, 0.1) is 0 Å². The van der Waals surface area contributed by atoms with Gasteiger partial charge in [0.2, 0.25) is 0 Å². The van der Waals surface area contributed by atoms with Crippen molar-refractivity contribution in [1.82, 2.24) is 0 Å². The predicted molar refractivity (Wildman–Crippen MR) is 357 cm³/mol. The van der Waals surface area contributed by atoms with Crippen LogP contribution in [0.25, 0.3) is 0 Å². The van der Waals surface area contributed by atoms with E-state index in [0.717, 1.165) is 116 Å². The van der Waals surface area contributed by atoms with E-state index in [1.807, 2.05) is 0 Å². The number of hydrogen-bond donors (Lipinski definition) is 0. The second kappa shape index (κ2) is 69.6. The average Bonchev–Trinajstić information content (AvgIpc) is 3.47. The second-order valence-corrected chi connectivity index (χ2v) is 23.0. The minimum atomic E-state index is -0.788. The Morgan fingerprint density at radius 2 is 0.476 bits per heavy atom. The fourth-order valence-electron chi connectivity index (χ4n) is 9.83. The van der Waals surface area contributed by atoms with Gasteiger partial charge >= 0.3 is 17.9 Å². The molecule has 0 aromatic rings. The number of carbonyl (C=O) groups is 3. The van der Waals surface area contributed by atoms with E-state index in [0.29, 0.717) is 19.3 Å². The van der Waals surface area contributed by atoms with Gasteiger partial charge in [0.05, 0.1) is 0 Å². The Morgan fingerprint density at radius 3 is 0.756 bits per heavy atom. The third kappa shape index (κ3) is 66.9. The Hall–Kier alpha value is -3.93. The third-order valence-electron chi connectivity index (χ3n) is 15.0. The fourth-order valence-corrected chi connectivity index (χ4v) is 9.83. The van der Waals surface area contributed by atoms with Crippen molar-refractivity contribution in [2.45, 2.75) is 341 Å². The lowest BCUT2D eigenvalue weighted by Crippen LogP contribution is -2.30. The lowest BCUT2D eigenvalue weighted by molar-refractivity contribution is -0.167. The quantitative estimate of drug-likeness (QED) is 0.0261. The number of unbranched alkanes of at least 4 members (excludes halogenated alkanes) is 34. The van der Waals surface area contributed by atoms with Crippen molar-refractivity contribution in [3.63, 3.8) is 0 Å². The van der Waals surface area contributed by atoms with Crippen molar-refractivity contribution in [3.8, 4) is 0 Å². The molecule has 0 saturated carbocycles. The van der Waals surface area contributed by atoms with Gasteiger partial charge in [0.1, 0.15) is 13.2 Å². The first-order valence-corrected chi connectivity index (χ1v) is 34.9. The molecule has 0 bridgehead atoms. The third-order valence-corrected chi connectivity index (χ3v) is 15.0. The lowest BCUT2D eigenvalue weighted by Gasteiger charge is -2.18. The van der Waals surface area contributed by atoms with Crippen molar-refractivity contribution in [1.29, 1.82) is 0 Å². The van der Waals surface area contributed by atoms with Crippen LogP contribution in [0.4, 0.5) is 0 Å². The standard InChI is InChI=1S/C76H130O6/c1-4-7-10-13-16-19-22-25-28-31-33-34-35-36-37-38-39-40-41-42-43-46-48-51-54-57-60-63-66-69-75(78)81-72-73(71-80-74(77)68-65-62-59-56-53-50-47-44-30-27-24-21-18-15-12-9-6-3)82-76(79)70-67-64-61-58-55-52-49-45-32-29-26-23-20-17-14-11-8-5-2/h7,9-10,12,16,18-19,21,25,27-30,32-34,36-37,73H,4-6,8,11,13-15,17,20,22-24,26,31,35,38-72H2,1-3H3/b10-7-,12-9-,19-16-,21-18-,28-25-,30-27-,32-29-,34-33-,37-36-. The van der Waals surface area contributed by atoms with Gasteiger partial charge in [-0.2, -0.15) is 0 Å². The van der Waals surface area contributed by atoms with Crippen LogP contribution in [-0.2, 0) is 28.6 Å². The van der Waals surface area contributed by atoms with Crippen LogP contribution in [0.1, 0.15) is 335 Å². The van der Waals surface area contributed by atoms with E-state index < -0.39 is 6.10 Å². The van der Waals surface area contributed by atoms with Crippen molar-refractivity contribution < 1.29 is 28.6 Å². The van der Waals surface area contributed by atoms with Crippen LogP contribution >= 0.6 is 0 Å². The highest BCUT2D eigenvalue weighted by molar-refractivity contribution is 5.71. The number of hydrogen-bond acceptors (Lipinski definition) is 6. The smallest absolute Gasteiger partial charge is 0.306 e. The Balaban J connectivity index is 4.31. The minimum absolute atomic E-state index is 0.0823. The van der Waals surface area contributed by atoms with E-state index in [2.05, 4.69) is 130 Å². The lowest BCUT2D eigenvalue weighted by atomic mass is 10.0. The van der Waals surface area contributed by atoms with E-state index in [4.69, 9.17) is 14.2 Å². The Bertz CT molecular complexity index is 1640. The van der Waals surface area contributed by atoms with Crippen molar-refractivity contribution in [3.05, 3.63) is 109 Å². The molecule has 0 fully saturated rings. The van der Waals surface area contributed by atoms with Crippen LogP contribution in [-0.4, -0.2) is 37.2 Å². The molecule has 470 valence electrons. The summed E-state index contributed by atoms with van der Waals surface area (Å²) in [5, 5.41) is 0. The van der Waals surface area contributed by atoms with Crippen LogP contribution in [0.3, 0.4) is 0 Å². The second-order valence-electron chi connectivity index (χ2n) is 23.0. The molecule has 82 heavy (non-hydrogen) atoms. The van der Waals surface area contributed by atoms with E-state index in [-0.39, 0.29) is 31.1 Å². The van der Waals surface area contributed by atoms with Crippen LogP contribution in [0.15, 0.2) is 109 Å². The molecule has 0 N–H and O–H groups in total. The molecule has 0 aliphatic rings. The highest BCUT2D eigenvalue weighted by Gasteiger charge is 2.19. The van der Waals surface area contributed by atoms with Crippen LogP contribution < -0.4 is 0 Å². The molecule has 6 heteroatoms. The topological polar surface area (TPSA) is 78.9 Å². The maximum absolute atomic E-state index is 12.9. The van der Waals surface area contributed by atoms with Gasteiger partial charge < -0.3 is 14.2 Å². The molecule has 1 unspecified atom stereocenters. The maximum Gasteiger partial charge on any atom is 0.306 e. The van der Waals surface area contributed by atoms with Gasteiger partial charge in [0.25, 0.3) is 0 Å². The molecule has 0 aliphatic carbocycles. The molecule has 1 atom stereocenters. The number of esters is 3. The maximum atomic E-state index is 12.9. The normalized spacial score (nSPS) is 12.8. The van der Waals surface area contributed by atoms with Crippen molar-refractivity contribution in [2.24, 2.45) is 0 Å². The first-order valence-electron chi connectivity index (χ1n) is 34.9. The monoisotopic (exact) mass is 1140 g/mol. The summed E-state index contributed by atoms with van der Waals surface area (Å²) in [7, 11) is 0. The molecule has 0 radical (unpaired) electrons. The summed E-state index contributed by atoms with van der Waals surface area (Å²) in [5.74, 6) is -0.884. The van der Waals surface area contributed by atoms with Gasteiger partial charge in [0, 0.05) is 19.3 Å². The molecular formula is C76H130O6. The largest absolute Gasteiger partial charge is 0.462 e. The first kappa shape index (κ1) is 78.1. The molecule has 0 aromatic carbocycles. The SMILES string of the molecule is CC/C=C\C/C=C\C/C=C\C/C=C\C/C=C\CCCCCCCCCCCCCCCC(=O)OCC(COC(=O)CCCCCCCCC/C=C\C/C=C\C/C=C\CC)OC(=O)CCCCCCCCC/C=C\CCCCCCCCC. The van der Waals surface area contributed by atoms with E-state index in [1.165, 1.54) is 180 Å². The summed E-state index contributed by atoms with van der Waals surface area (Å²) in [6, 6.07) is 0. The predicted octanol–water partition coefficient (Wildman–Crippen LogP) is 24.2. The molecule has 0 amide bonds. The summed E-state index contributed by atoms with van der Waals surface area (Å²) in [6.07, 6.45) is 95.3. The zero-order valence-electron chi connectivity index (χ0n) is 54.0. The molecule has 0 aliphatic heterocycles. The summed E-state index contributed by atoms with van der Waals surface area (Å²) < 4.78 is 17.0. The summed E-state index contributed by atoms with van der Waals surface area (Å²) >= 11 is 0. The minimum Gasteiger partial charge on any atom is -0.462 e. The number of ether oxygens (including phenoxy) is 3. The first-order chi connectivity index (χ1) is 40.5. The van der Waals surface area contributed by atoms with Gasteiger partial charge in [-0.1, -0.05) is 304 Å². The van der Waals surface area contributed by atoms with Gasteiger partial charge in [-0.3, -0.25) is 14.4 Å². The summed E-state index contributed by atoms with van der Waals surface area (Å²) in [6.45, 7) is 6.44.